The van der Waals surface area contributed by atoms with Gasteiger partial charge in [0.1, 0.15) is 23.7 Å². The van der Waals surface area contributed by atoms with Crippen LogP contribution in [0.2, 0.25) is 0 Å². The van der Waals surface area contributed by atoms with Crippen LogP contribution in [0.1, 0.15) is 67.1 Å². The number of rotatable bonds is 35. The van der Waals surface area contributed by atoms with Crippen molar-refractivity contribution in [2.75, 3.05) is 155 Å². The number of anilines is 2. The molecule has 3 aliphatic heterocycles. The molecule has 0 unspecified atom stereocenters. The van der Waals surface area contributed by atoms with E-state index in [0.717, 1.165) is 69.1 Å². The lowest BCUT2D eigenvalue weighted by Gasteiger charge is -2.45. The molecule has 1 spiro atoms. The van der Waals surface area contributed by atoms with Gasteiger partial charge in [0.05, 0.1) is 95.2 Å². The number of H-pyrrole nitrogens is 1. The van der Waals surface area contributed by atoms with Crippen LogP contribution in [0.3, 0.4) is 0 Å². The zero-order valence-corrected chi connectivity index (χ0v) is 45.7. The van der Waals surface area contributed by atoms with Crippen LogP contribution in [0.25, 0.3) is 10.9 Å². The zero-order chi connectivity index (χ0) is 55.8. The number of aromatic amines is 1. The summed E-state index contributed by atoms with van der Waals surface area (Å²) in [5.74, 6) is 1.48. The standard InChI is InChI=1S/C56H79N9O14/c1-41-3-6-47-50(35-41)60-40-56(47)14-21-62(39-42(56)2)18-11-43-12-19-63(20-13-43)55(68)51-37-44-36-46(5-8-48(44)61-51)79-34-33-78-32-31-77-30-27-75-24-17-59-54(67)10-9-53(66)58-16-23-74-26-29-76-28-25-73-22-15-57-49-7-4-45(64(69)70)38-52(49)65(71)72/h3-8,35-38,42-43,57,60-61H,9-34,39-40H2,1-2H3,(H,58,66)(H,59,67)/t42-,56+/m1/s1. The molecule has 4 aromatic rings. The van der Waals surface area contributed by atoms with E-state index in [9.17, 15) is 34.6 Å². The molecule has 1 aromatic heterocycles. The van der Waals surface area contributed by atoms with Gasteiger partial charge in [-0.05, 0) is 105 Å². The lowest BCUT2D eigenvalue weighted by atomic mass is 9.67. The molecule has 0 bridgehead atoms. The van der Waals surface area contributed by atoms with Crippen molar-refractivity contribution in [3.8, 4) is 5.75 Å². The lowest BCUT2D eigenvalue weighted by molar-refractivity contribution is -0.393. The number of hydrogen-bond donors (Lipinski definition) is 5. The third-order valence-electron chi connectivity index (χ3n) is 14.9. The van der Waals surface area contributed by atoms with Crippen molar-refractivity contribution in [2.24, 2.45) is 11.8 Å². The number of aromatic nitrogens is 1. The van der Waals surface area contributed by atoms with Gasteiger partial charge >= 0.3 is 0 Å². The Morgan fingerprint density at radius 1 is 0.709 bits per heavy atom. The third kappa shape index (κ3) is 18.6. The molecule has 3 aliphatic rings. The van der Waals surface area contributed by atoms with Crippen molar-refractivity contribution in [1.82, 2.24) is 25.4 Å². The number of benzene rings is 3. The predicted molar refractivity (Wildman–Crippen MR) is 297 cm³/mol. The Hall–Kier alpha value is -6.47. The van der Waals surface area contributed by atoms with Gasteiger partial charge in [-0.1, -0.05) is 19.1 Å². The molecule has 79 heavy (non-hydrogen) atoms. The first-order valence-corrected chi connectivity index (χ1v) is 27.7. The number of aryl methyl sites for hydroxylation is 1. The fourth-order valence-electron chi connectivity index (χ4n) is 10.4. The van der Waals surface area contributed by atoms with E-state index in [0.29, 0.717) is 95.9 Å². The van der Waals surface area contributed by atoms with Gasteiger partial charge in [0, 0.05) is 86.7 Å². The van der Waals surface area contributed by atoms with Gasteiger partial charge in [0.15, 0.2) is 0 Å². The maximum Gasteiger partial charge on any atom is 0.299 e. The molecule has 23 nitrogen and oxygen atoms in total. The van der Waals surface area contributed by atoms with E-state index in [1.54, 1.807) is 0 Å². The van der Waals surface area contributed by atoms with Crippen molar-refractivity contribution in [3.05, 3.63) is 97.7 Å². The number of hydrogen-bond acceptors (Lipinski definition) is 17. The highest BCUT2D eigenvalue weighted by atomic mass is 16.6. The highest BCUT2D eigenvalue weighted by molar-refractivity contribution is 5.98. The Morgan fingerprint density at radius 2 is 1.33 bits per heavy atom. The highest BCUT2D eigenvalue weighted by Gasteiger charge is 2.46. The quantitative estimate of drug-likeness (QED) is 0.0206. The third-order valence-corrected chi connectivity index (χ3v) is 14.9. The average Bonchev–Trinajstić information content (AvgIpc) is 4.30. The number of nitro groups is 2. The normalized spacial score (nSPS) is 17.4. The number of amides is 3. The first-order chi connectivity index (χ1) is 38.4. The summed E-state index contributed by atoms with van der Waals surface area (Å²) in [6, 6.07) is 18.0. The first-order valence-electron chi connectivity index (χ1n) is 27.7. The van der Waals surface area contributed by atoms with Gasteiger partial charge in [0.2, 0.25) is 11.8 Å². The highest BCUT2D eigenvalue weighted by Crippen LogP contribution is 2.47. The van der Waals surface area contributed by atoms with Crippen molar-refractivity contribution in [1.29, 1.82) is 0 Å². The summed E-state index contributed by atoms with van der Waals surface area (Å²) in [5.41, 5.74) is 5.30. The van der Waals surface area contributed by atoms with Crippen LogP contribution < -0.4 is 26.0 Å². The Morgan fingerprint density at radius 3 is 1.95 bits per heavy atom. The maximum absolute atomic E-state index is 13.6. The smallest absolute Gasteiger partial charge is 0.299 e. The summed E-state index contributed by atoms with van der Waals surface area (Å²) < 4.78 is 39.0. The monoisotopic (exact) mass is 1100 g/mol. The van der Waals surface area contributed by atoms with E-state index in [4.69, 9.17) is 33.2 Å². The second kappa shape index (κ2) is 31.4. The Bertz CT molecular complexity index is 2610. The van der Waals surface area contributed by atoms with Crippen molar-refractivity contribution in [2.45, 2.75) is 57.8 Å². The number of likely N-dealkylation sites (tertiary alicyclic amines) is 2. The van der Waals surface area contributed by atoms with E-state index in [1.165, 1.54) is 41.8 Å². The number of ether oxygens (including phenoxy) is 7. The summed E-state index contributed by atoms with van der Waals surface area (Å²) in [7, 11) is 0. The molecule has 0 saturated carbocycles. The van der Waals surface area contributed by atoms with Gasteiger partial charge < -0.3 is 69.2 Å². The molecule has 3 amide bonds. The minimum Gasteiger partial charge on any atom is -0.491 e. The van der Waals surface area contributed by atoms with E-state index in [2.05, 4.69) is 63.2 Å². The second-order valence-corrected chi connectivity index (χ2v) is 20.3. The van der Waals surface area contributed by atoms with E-state index >= 15 is 0 Å². The zero-order valence-electron chi connectivity index (χ0n) is 45.7. The van der Waals surface area contributed by atoms with Gasteiger partial charge in [0.25, 0.3) is 17.3 Å². The Kier molecular flexibility index (Phi) is 23.9. The molecule has 7 rings (SSSR count). The molecule has 2 atom stereocenters. The Balaban J connectivity index is 0.613. The van der Waals surface area contributed by atoms with Crippen molar-refractivity contribution >= 4 is 51.4 Å². The molecule has 5 N–H and O–H groups in total. The number of carbonyl (C=O) groups is 3. The minimum atomic E-state index is -0.694. The minimum absolute atomic E-state index is 0.0428. The van der Waals surface area contributed by atoms with E-state index in [-0.39, 0.29) is 80.3 Å². The summed E-state index contributed by atoms with van der Waals surface area (Å²) in [4.78, 5) is 66.5. The number of non-ortho nitro benzene ring substituents is 1. The fraction of sp³-hybridized carbons (Fsp3) is 0.589. The van der Waals surface area contributed by atoms with Crippen LogP contribution >= 0.6 is 0 Å². The van der Waals surface area contributed by atoms with Crippen LogP contribution in [0.4, 0.5) is 22.7 Å². The SMILES string of the molecule is Cc1ccc2c(c1)NC[C@]21CCN(CCC2CCN(C(=O)c3cc4cc(OCCOCCOCCOCCNC(=O)CCC(=O)NCCOCCOCCOCCNc5ccc([N+](=O)[O-])cc5[N+](=O)[O-])ccc4[nH]3)CC2)C[C@H]1C. The molecular formula is C56H79N9O14. The molecule has 23 heteroatoms. The van der Waals surface area contributed by atoms with Crippen LogP contribution in [0.15, 0.2) is 60.7 Å². The van der Waals surface area contributed by atoms with Crippen LogP contribution in [-0.2, 0) is 43.4 Å². The fourth-order valence-corrected chi connectivity index (χ4v) is 10.4. The van der Waals surface area contributed by atoms with Gasteiger partial charge in [-0.3, -0.25) is 34.6 Å². The summed E-state index contributed by atoms with van der Waals surface area (Å²) >= 11 is 0. The molecule has 0 radical (unpaired) electrons. The number of nitro benzene ring substituents is 2. The predicted octanol–water partition coefficient (Wildman–Crippen LogP) is 5.84. The van der Waals surface area contributed by atoms with Crippen LogP contribution in [0, 0.1) is 39.0 Å². The average molecular weight is 1100 g/mol. The van der Waals surface area contributed by atoms with E-state index < -0.39 is 15.5 Å². The molecule has 0 aliphatic carbocycles. The topological polar surface area (TPSA) is 272 Å². The summed E-state index contributed by atoms with van der Waals surface area (Å²) in [5, 5.41) is 35.0. The number of nitrogens with zero attached hydrogens (tertiary/aromatic N) is 4. The second-order valence-electron chi connectivity index (χ2n) is 20.3. The molecule has 2 fully saturated rings. The summed E-state index contributed by atoms with van der Waals surface area (Å²) in [6.45, 7) is 15.8. The van der Waals surface area contributed by atoms with Crippen LogP contribution in [-0.4, -0.2) is 187 Å². The number of fused-ring (bicyclic) bond motifs is 3. The van der Waals surface area contributed by atoms with Crippen molar-refractivity contribution < 1.29 is 57.4 Å². The van der Waals surface area contributed by atoms with Crippen LogP contribution in [0.5, 0.6) is 5.75 Å². The Labute approximate surface area is 461 Å². The number of carbonyl (C=O) groups excluding carboxylic acids is 3. The maximum atomic E-state index is 13.6. The van der Waals surface area contributed by atoms with E-state index in [1.807, 2.05) is 29.2 Å². The molecular weight excluding hydrogens is 1020 g/mol. The number of piperidine rings is 2. The van der Waals surface area contributed by atoms with Gasteiger partial charge in [-0.15, -0.1) is 0 Å². The largest absolute Gasteiger partial charge is 0.491 e. The molecule has 3 aromatic carbocycles. The summed E-state index contributed by atoms with van der Waals surface area (Å²) in [6.07, 6.45) is 4.55. The first kappa shape index (κ1) is 60.2. The van der Waals surface area contributed by atoms with Gasteiger partial charge in [-0.25, -0.2) is 0 Å². The lowest BCUT2D eigenvalue weighted by Crippen LogP contribution is -2.50. The molecule has 432 valence electrons. The molecule has 2 saturated heterocycles. The van der Waals surface area contributed by atoms with Gasteiger partial charge in [-0.2, -0.15) is 0 Å². The molecule has 4 heterocycles. The number of nitrogens with one attached hydrogen (secondary N) is 5. The van der Waals surface area contributed by atoms with Crippen molar-refractivity contribution in [3.63, 3.8) is 0 Å².